The van der Waals surface area contributed by atoms with Gasteiger partial charge in [-0.15, -0.1) is 0 Å². The first-order valence-corrected chi connectivity index (χ1v) is 8.60. The molecular formula is C21H16ClN3O2. The van der Waals surface area contributed by atoms with Crippen molar-refractivity contribution in [3.05, 3.63) is 92.2 Å². The largest absolute Gasteiger partial charge is 0.318 e. The van der Waals surface area contributed by atoms with Gasteiger partial charge in [-0.25, -0.2) is 0 Å². The predicted octanol–water partition coefficient (Wildman–Crippen LogP) is 5.72. The van der Waals surface area contributed by atoms with E-state index >= 15 is 0 Å². The molecule has 0 bridgehead atoms. The summed E-state index contributed by atoms with van der Waals surface area (Å²) in [6, 6.07) is 17.8. The van der Waals surface area contributed by atoms with Crippen LogP contribution in [0.15, 0.2) is 54.6 Å². The molecule has 3 rings (SSSR count). The Labute approximate surface area is 161 Å². The molecule has 0 atom stereocenters. The topological polar surface area (TPSA) is 71.9 Å². The van der Waals surface area contributed by atoms with Gasteiger partial charge in [0.2, 0.25) is 0 Å². The van der Waals surface area contributed by atoms with Crippen molar-refractivity contribution >= 4 is 28.9 Å². The molecule has 0 radical (unpaired) electrons. The summed E-state index contributed by atoms with van der Waals surface area (Å²) in [6.07, 6.45) is 1.84. The maximum Gasteiger partial charge on any atom is 0.269 e. The summed E-state index contributed by atoms with van der Waals surface area (Å²) in [5.41, 5.74) is 5.05. The van der Waals surface area contributed by atoms with Crippen molar-refractivity contribution in [3.8, 4) is 11.8 Å². The van der Waals surface area contributed by atoms with Crippen LogP contribution in [0.1, 0.15) is 22.5 Å². The van der Waals surface area contributed by atoms with Crippen molar-refractivity contribution < 1.29 is 4.92 Å². The number of allylic oxidation sites excluding steroid dienone is 1. The summed E-state index contributed by atoms with van der Waals surface area (Å²) in [5.74, 6) is 0. The Morgan fingerprint density at radius 3 is 2.33 bits per heavy atom. The van der Waals surface area contributed by atoms with Gasteiger partial charge in [0.15, 0.2) is 0 Å². The molecule has 27 heavy (non-hydrogen) atoms. The summed E-state index contributed by atoms with van der Waals surface area (Å²) >= 11 is 5.92. The Hall–Kier alpha value is -3.36. The van der Waals surface area contributed by atoms with Gasteiger partial charge in [-0.3, -0.25) is 10.1 Å². The van der Waals surface area contributed by atoms with Gasteiger partial charge < -0.3 is 4.57 Å². The van der Waals surface area contributed by atoms with E-state index in [0.29, 0.717) is 10.6 Å². The molecule has 0 aliphatic heterocycles. The minimum atomic E-state index is -0.418. The van der Waals surface area contributed by atoms with E-state index in [4.69, 9.17) is 11.6 Å². The van der Waals surface area contributed by atoms with Crippen LogP contribution in [0.5, 0.6) is 0 Å². The van der Waals surface area contributed by atoms with E-state index in [2.05, 4.69) is 6.07 Å². The van der Waals surface area contributed by atoms with Crippen LogP contribution < -0.4 is 0 Å². The zero-order chi connectivity index (χ0) is 19.6. The Morgan fingerprint density at radius 2 is 1.78 bits per heavy atom. The summed E-state index contributed by atoms with van der Waals surface area (Å²) in [6.45, 7) is 3.91. The summed E-state index contributed by atoms with van der Waals surface area (Å²) in [4.78, 5) is 10.4. The molecule has 0 saturated heterocycles. The average Bonchev–Trinajstić information content (AvgIpc) is 2.94. The molecule has 134 valence electrons. The third-order valence-electron chi connectivity index (χ3n) is 4.36. The van der Waals surface area contributed by atoms with E-state index in [9.17, 15) is 15.4 Å². The maximum atomic E-state index is 10.8. The van der Waals surface area contributed by atoms with Crippen LogP contribution in [0, 0.1) is 35.3 Å². The highest BCUT2D eigenvalue weighted by molar-refractivity contribution is 6.30. The highest BCUT2D eigenvalue weighted by Gasteiger charge is 2.12. The number of aryl methyl sites for hydroxylation is 1. The Bertz CT molecular complexity index is 1070. The number of hydrogen-bond donors (Lipinski definition) is 0. The molecule has 0 unspecified atom stereocenters. The van der Waals surface area contributed by atoms with Gasteiger partial charge in [0.1, 0.15) is 0 Å². The van der Waals surface area contributed by atoms with Crippen LogP contribution in [0.2, 0.25) is 5.02 Å². The lowest BCUT2D eigenvalue weighted by molar-refractivity contribution is -0.384. The van der Waals surface area contributed by atoms with Crippen molar-refractivity contribution in [3.63, 3.8) is 0 Å². The Kier molecular flexibility index (Phi) is 5.11. The molecular weight excluding hydrogens is 362 g/mol. The number of aromatic nitrogens is 1. The molecule has 3 aromatic rings. The number of nitro groups is 1. The molecule has 0 fully saturated rings. The van der Waals surface area contributed by atoms with Gasteiger partial charge in [-0.05, 0) is 61.4 Å². The fourth-order valence-corrected chi connectivity index (χ4v) is 3.15. The van der Waals surface area contributed by atoms with Crippen molar-refractivity contribution in [2.45, 2.75) is 13.8 Å². The minimum Gasteiger partial charge on any atom is -0.318 e. The fraction of sp³-hybridized carbons (Fsp3) is 0.0952. The number of halogens is 1. The van der Waals surface area contributed by atoms with Crippen molar-refractivity contribution in [1.82, 2.24) is 4.57 Å². The lowest BCUT2D eigenvalue weighted by Crippen LogP contribution is -1.99. The minimum absolute atomic E-state index is 0.0517. The standard InChI is InChI=1S/C21H16ClN3O2/c1-14-11-17(12-18(13-23)16-3-5-19(22)6-4-16)15(2)24(14)20-7-9-21(10-8-20)25(26)27/h3-12H,1-2H3/b18-12+. The van der Waals surface area contributed by atoms with Gasteiger partial charge in [0.25, 0.3) is 5.69 Å². The van der Waals surface area contributed by atoms with Gasteiger partial charge in [-0.2, -0.15) is 5.26 Å². The molecule has 0 aliphatic rings. The number of benzene rings is 2. The lowest BCUT2D eigenvalue weighted by atomic mass is 10.0. The van der Waals surface area contributed by atoms with Gasteiger partial charge in [0, 0.05) is 34.2 Å². The molecule has 0 amide bonds. The van der Waals surface area contributed by atoms with Gasteiger partial charge in [-0.1, -0.05) is 23.7 Å². The van der Waals surface area contributed by atoms with Crippen LogP contribution >= 0.6 is 11.6 Å². The summed E-state index contributed by atoms with van der Waals surface area (Å²) < 4.78 is 2.01. The lowest BCUT2D eigenvalue weighted by Gasteiger charge is -2.09. The third-order valence-corrected chi connectivity index (χ3v) is 4.62. The van der Waals surface area contributed by atoms with Crippen molar-refractivity contribution in [2.75, 3.05) is 0 Å². The second-order valence-corrected chi connectivity index (χ2v) is 6.55. The monoisotopic (exact) mass is 377 g/mol. The van der Waals surface area contributed by atoms with E-state index in [1.54, 1.807) is 24.3 Å². The molecule has 1 heterocycles. The number of hydrogen-bond acceptors (Lipinski definition) is 3. The highest BCUT2D eigenvalue weighted by atomic mass is 35.5. The number of nitro benzene ring substituents is 1. The van der Waals surface area contributed by atoms with Crippen LogP contribution in [-0.2, 0) is 0 Å². The third kappa shape index (κ3) is 3.76. The van der Waals surface area contributed by atoms with E-state index in [1.807, 2.05) is 42.7 Å². The van der Waals surface area contributed by atoms with E-state index < -0.39 is 4.92 Å². The van der Waals surface area contributed by atoms with Crippen molar-refractivity contribution in [2.24, 2.45) is 0 Å². The van der Waals surface area contributed by atoms with Gasteiger partial charge >= 0.3 is 0 Å². The van der Waals surface area contributed by atoms with E-state index in [-0.39, 0.29) is 5.69 Å². The molecule has 0 aliphatic carbocycles. The van der Waals surface area contributed by atoms with Gasteiger partial charge in [0.05, 0.1) is 16.6 Å². The first kappa shape index (κ1) is 18.4. The Morgan fingerprint density at radius 1 is 1.15 bits per heavy atom. The second-order valence-electron chi connectivity index (χ2n) is 6.11. The quantitative estimate of drug-likeness (QED) is 0.331. The smallest absolute Gasteiger partial charge is 0.269 e. The number of nitrogens with zero attached hydrogens (tertiary/aromatic N) is 3. The first-order valence-electron chi connectivity index (χ1n) is 8.22. The second kappa shape index (κ2) is 7.48. The molecule has 0 saturated carbocycles. The zero-order valence-electron chi connectivity index (χ0n) is 14.8. The van der Waals surface area contributed by atoms with Crippen LogP contribution in [0.4, 0.5) is 5.69 Å². The van der Waals surface area contributed by atoms with E-state index in [1.165, 1.54) is 12.1 Å². The number of non-ortho nitro benzene ring substituents is 1. The molecule has 0 N–H and O–H groups in total. The van der Waals surface area contributed by atoms with Crippen LogP contribution in [0.3, 0.4) is 0 Å². The number of rotatable bonds is 4. The van der Waals surface area contributed by atoms with Crippen LogP contribution in [0.25, 0.3) is 17.3 Å². The van der Waals surface area contributed by atoms with Crippen molar-refractivity contribution in [1.29, 1.82) is 5.26 Å². The zero-order valence-corrected chi connectivity index (χ0v) is 15.6. The maximum absolute atomic E-state index is 10.8. The first-order chi connectivity index (χ1) is 12.9. The predicted molar refractivity (Wildman–Crippen MR) is 107 cm³/mol. The number of nitriles is 1. The molecule has 5 nitrogen and oxygen atoms in total. The average molecular weight is 378 g/mol. The van der Waals surface area contributed by atoms with E-state index in [0.717, 1.165) is 28.2 Å². The molecule has 1 aromatic heterocycles. The summed E-state index contributed by atoms with van der Waals surface area (Å²) in [7, 11) is 0. The fourth-order valence-electron chi connectivity index (χ4n) is 3.02. The molecule has 2 aromatic carbocycles. The SMILES string of the molecule is Cc1cc(/C=C(\C#N)c2ccc(Cl)cc2)c(C)n1-c1ccc([N+](=O)[O-])cc1. The Balaban J connectivity index is 2.03. The van der Waals surface area contributed by atoms with Crippen LogP contribution in [-0.4, -0.2) is 9.49 Å². The normalized spacial score (nSPS) is 11.3. The molecule has 6 heteroatoms. The molecule has 0 spiro atoms. The summed E-state index contributed by atoms with van der Waals surface area (Å²) in [5, 5.41) is 21.0. The highest BCUT2D eigenvalue weighted by Crippen LogP contribution is 2.26.